The highest BCUT2D eigenvalue weighted by Crippen LogP contribution is 2.62. The van der Waals surface area contributed by atoms with Crippen molar-refractivity contribution >= 4 is 23.5 Å². The molecule has 2 heterocycles. The third kappa shape index (κ3) is 2.81. The molecule has 0 radical (unpaired) electrons. The Hall–Kier alpha value is -1.03. The van der Waals surface area contributed by atoms with Gasteiger partial charge in [0, 0.05) is 5.69 Å². The standard InChI is InChI=1S/C21H28N2OS/c1-13-3-14(2)22-18(4-13)23-19(24)12-25-20(23)11-21-8-15-5-16(9-21)7-17(6-15)10-21/h3-4,15-17,20H,5-12H2,1-2H3. The lowest BCUT2D eigenvalue weighted by Gasteiger charge is -2.57. The Kier molecular flexibility index (Phi) is 3.71. The Morgan fingerprint density at radius 3 is 2.36 bits per heavy atom. The lowest BCUT2D eigenvalue weighted by Crippen LogP contribution is -2.48. The van der Waals surface area contributed by atoms with Crippen molar-refractivity contribution in [3.8, 4) is 0 Å². The zero-order chi connectivity index (χ0) is 17.2. The molecule has 4 aliphatic carbocycles. The maximum Gasteiger partial charge on any atom is 0.239 e. The lowest BCUT2D eigenvalue weighted by molar-refractivity contribution is -0.116. The summed E-state index contributed by atoms with van der Waals surface area (Å²) in [4.78, 5) is 19.4. The maximum atomic E-state index is 12.7. The number of pyridine rings is 1. The van der Waals surface area contributed by atoms with Gasteiger partial charge in [0.1, 0.15) is 5.82 Å². The van der Waals surface area contributed by atoms with E-state index in [0.717, 1.165) is 29.3 Å². The number of nitrogens with zero attached hydrogens (tertiary/aromatic N) is 2. The van der Waals surface area contributed by atoms with Crippen LogP contribution in [-0.4, -0.2) is 22.0 Å². The van der Waals surface area contributed by atoms with Crippen LogP contribution in [0.25, 0.3) is 0 Å². The second-order valence-electron chi connectivity index (χ2n) is 9.30. The summed E-state index contributed by atoms with van der Waals surface area (Å²) < 4.78 is 0. The van der Waals surface area contributed by atoms with Crippen molar-refractivity contribution in [1.29, 1.82) is 0 Å². The Morgan fingerprint density at radius 2 is 1.76 bits per heavy atom. The number of carbonyl (C=O) groups excluding carboxylic acids is 1. The molecular formula is C21H28N2OS. The topological polar surface area (TPSA) is 33.2 Å². The molecule has 4 heteroatoms. The third-order valence-corrected chi connectivity index (χ3v) is 8.24. The molecule has 1 saturated heterocycles. The number of rotatable bonds is 3. The van der Waals surface area contributed by atoms with E-state index in [1.54, 1.807) is 0 Å². The van der Waals surface area contributed by atoms with E-state index in [-0.39, 0.29) is 11.3 Å². The Morgan fingerprint density at radius 1 is 1.12 bits per heavy atom. The minimum absolute atomic E-state index is 0.247. The average molecular weight is 357 g/mol. The van der Waals surface area contributed by atoms with Crippen LogP contribution in [0.5, 0.6) is 0 Å². The second kappa shape index (κ2) is 5.73. The number of thioether (sulfide) groups is 1. The first-order valence-electron chi connectivity index (χ1n) is 9.89. The van der Waals surface area contributed by atoms with E-state index >= 15 is 0 Å². The number of aryl methyl sites for hydroxylation is 2. The van der Waals surface area contributed by atoms with E-state index in [4.69, 9.17) is 4.98 Å². The molecule has 4 bridgehead atoms. The fourth-order valence-corrected chi connectivity index (χ4v) is 8.07. The van der Waals surface area contributed by atoms with Crippen LogP contribution in [0, 0.1) is 37.0 Å². The number of carbonyl (C=O) groups is 1. The quantitative estimate of drug-likeness (QED) is 0.786. The van der Waals surface area contributed by atoms with Crippen LogP contribution >= 0.6 is 11.8 Å². The Bertz CT molecular complexity index is 660. The molecule has 0 spiro atoms. The molecule has 1 aromatic heterocycles. The molecule has 4 saturated carbocycles. The Labute approximate surface area is 155 Å². The molecular weight excluding hydrogens is 328 g/mol. The average Bonchev–Trinajstić information content (AvgIpc) is 2.84. The molecule has 25 heavy (non-hydrogen) atoms. The minimum Gasteiger partial charge on any atom is -0.283 e. The van der Waals surface area contributed by atoms with Crippen LogP contribution in [0.4, 0.5) is 5.82 Å². The van der Waals surface area contributed by atoms with Crippen molar-refractivity contribution in [2.75, 3.05) is 10.7 Å². The summed E-state index contributed by atoms with van der Waals surface area (Å²) in [5, 5.41) is 0.289. The number of amides is 1. The van der Waals surface area contributed by atoms with Gasteiger partial charge < -0.3 is 0 Å². The predicted molar refractivity (Wildman–Crippen MR) is 103 cm³/mol. The van der Waals surface area contributed by atoms with Gasteiger partial charge in [0.25, 0.3) is 0 Å². The highest BCUT2D eigenvalue weighted by atomic mass is 32.2. The molecule has 134 valence electrons. The first kappa shape index (κ1) is 16.2. The van der Waals surface area contributed by atoms with Crippen LogP contribution < -0.4 is 4.90 Å². The molecule has 5 fully saturated rings. The summed E-state index contributed by atoms with van der Waals surface area (Å²) in [6.45, 7) is 4.12. The zero-order valence-corrected chi connectivity index (χ0v) is 16.1. The Balaban J connectivity index is 1.42. The van der Waals surface area contributed by atoms with Gasteiger partial charge in [-0.05, 0) is 99.7 Å². The highest BCUT2D eigenvalue weighted by molar-refractivity contribution is 8.01. The van der Waals surface area contributed by atoms with Gasteiger partial charge in [-0.2, -0.15) is 0 Å². The van der Waals surface area contributed by atoms with Crippen molar-refractivity contribution in [3.63, 3.8) is 0 Å². The van der Waals surface area contributed by atoms with Gasteiger partial charge in [0.15, 0.2) is 0 Å². The summed E-state index contributed by atoms with van der Waals surface area (Å²) in [5.41, 5.74) is 2.71. The van der Waals surface area contributed by atoms with Crippen molar-refractivity contribution in [2.45, 2.75) is 64.2 Å². The molecule has 0 N–H and O–H groups in total. The van der Waals surface area contributed by atoms with E-state index in [9.17, 15) is 4.79 Å². The fourth-order valence-electron chi connectivity index (χ4n) is 6.75. The summed E-state index contributed by atoms with van der Waals surface area (Å²) >= 11 is 1.85. The summed E-state index contributed by atoms with van der Waals surface area (Å²) in [5.74, 6) is 4.66. The van der Waals surface area contributed by atoms with Crippen molar-refractivity contribution in [2.24, 2.45) is 23.2 Å². The van der Waals surface area contributed by atoms with E-state index < -0.39 is 0 Å². The van der Waals surface area contributed by atoms with Crippen molar-refractivity contribution < 1.29 is 4.79 Å². The molecule has 3 nitrogen and oxygen atoms in total. The molecule has 1 aromatic rings. The van der Waals surface area contributed by atoms with Crippen LogP contribution in [0.15, 0.2) is 12.1 Å². The molecule has 1 amide bonds. The summed E-state index contributed by atoms with van der Waals surface area (Å²) in [6.07, 6.45) is 9.88. The summed E-state index contributed by atoms with van der Waals surface area (Å²) in [7, 11) is 0. The largest absolute Gasteiger partial charge is 0.283 e. The summed E-state index contributed by atoms with van der Waals surface area (Å²) in [6, 6.07) is 4.18. The van der Waals surface area contributed by atoms with Gasteiger partial charge in [0.05, 0.1) is 11.1 Å². The van der Waals surface area contributed by atoms with E-state index in [0.29, 0.717) is 11.2 Å². The number of hydrogen-bond acceptors (Lipinski definition) is 3. The first-order chi connectivity index (χ1) is 12.0. The SMILES string of the molecule is Cc1cc(C)nc(N2C(=O)CSC2CC23CC4CC(CC(C4)C2)C3)c1. The molecule has 5 aliphatic rings. The molecule has 6 rings (SSSR count). The van der Waals surface area contributed by atoms with Crippen molar-refractivity contribution in [3.05, 3.63) is 23.4 Å². The number of anilines is 1. The van der Waals surface area contributed by atoms with Crippen LogP contribution in [0.3, 0.4) is 0 Å². The number of hydrogen-bond donors (Lipinski definition) is 0. The minimum atomic E-state index is 0.247. The van der Waals surface area contributed by atoms with Gasteiger partial charge in [-0.3, -0.25) is 9.69 Å². The van der Waals surface area contributed by atoms with Gasteiger partial charge in [-0.1, -0.05) is 0 Å². The first-order valence-corrected chi connectivity index (χ1v) is 10.9. The second-order valence-corrected chi connectivity index (χ2v) is 10.5. The van der Waals surface area contributed by atoms with E-state index in [1.165, 1.54) is 50.5 Å². The van der Waals surface area contributed by atoms with E-state index in [2.05, 4.69) is 19.1 Å². The lowest BCUT2D eigenvalue weighted by atomic mass is 9.49. The normalized spacial score (nSPS) is 39.4. The maximum absolute atomic E-state index is 12.7. The van der Waals surface area contributed by atoms with Gasteiger partial charge in [0.2, 0.25) is 5.91 Å². The van der Waals surface area contributed by atoms with Crippen LogP contribution in [0.2, 0.25) is 0 Å². The van der Waals surface area contributed by atoms with E-state index in [1.807, 2.05) is 23.6 Å². The number of aromatic nitrogens is 1. The van der Waals surface area contributed by atoms with Gasteiger partial charge >= 0.3 is 0 Å². The molecule has 1 aliphatic heterocycles. The van der Waals surface area contributed by atoms with Crippen LogP contribution in [0.1, 0.15) is 56.2 Å². The van der Waals surface area contributed by atoms with Gasteiger partial charge in [-0.25, -0.2) is 4.98 Å². The monoisotopic (exact) mass is 356 g/mol. The van der Waals surface area contributed by atoms with Crippen LogP contribution in [-0.2, 0) is 4.79 Å². The zero-order valence-electron chi connectivity index (χ0n) is 15.3. The highest BCUT2D eigenvalue weighted by Gasteiger charge is 2.52. The molecule has 1 atom stereocenters. The van der Waals surface area contributed by atoms with Gasteiger partial charge in [-0.15, -0.1) is 11.8 Å². The third-order valence-electron chi connectivity index (χ3n) is 7.06. The fraction of sp³-hybridized carbons (Fsp3) is 0.714. The molecule has 1 unspecified atom stereocenters. The predicted octanol–water partition coefficient (Wildman–Crippen LogP) is 4.71. The molecule has 0 aromatic carbocycles. The van der Waals surface area contributed by atoms with Crippen molar-refractivity contribution in [1.82, 2.24) is 4.98 Å². The smallest absolute Gasteiger partial charge is 0.239 e.